The first-order valence-corrected chi connectivity index (χ1v) is 15.9. The highest BCUT2D eigenvalue weighted by Crippen LogP contribution is 2.52. The molecule has 46 heavy (non-hydrogen) atoms. The van der Waals surface area contributed by atoms with Crippen molar-refractivity contribution in [3.63, 3.8) is 0 Å². The summed E-state index contributed by atoms with van der Waals surface area (Å²) in [6.07, 6.45) is 8.57. The number of ether oxygens (including phenoxy) is 1. The van der Waals surface area contributed by atoms with E-state index in [-0.39, 0.29) is 12.0 Å². The minimum Gasteiger partial charge on any atom is -0.484 e. The summed E-state index contributed by atoms with van der Waals surface area (Å²) in [5, 5.41) is 7.26. The van der Waals surface area contributed by atoms with Crippen LogP contribution in [-0.2, 0) is 0 Å². The van der Waals surface area contributed by atoms with Crippen LogP contribution in [0.1, 0.15) is 11.5 Å². The molecule has 0 fully saturated rings. The van der Waals surface area contributed by atoms with Crippen LogP contribution < -0.4 is 4.74 Å². The Kier molecular flexibility index (Phi) is 5.44. The maximum Gasteiger partial charge on any atom is 0.143 e. The Morgan fingerprint density at radius 2 is 1.04 bits per heavy atom. The van der Waals surface area contributed by atoms with Crippen LogP contribution in [0.15, 0.2) is 162 Å². The highest BCUT2D eigenvalue weighted by molar-refractivity contribution is 6.21. The third-order valence-corrected chi connectivity index (χ3v) is 9.78. The molecular formula is C44H28O2. The van der Waals surface area contributed by atoms with E-state index in [2.05, 4.69) is 152 Å². The predicted molar refractivity (Wildman–Crippen MR) is 190 cm³/mol. The van der Waals surface area contributed by atoms with Gasteiger partial charge in [-0.1, -0.05) is 133 Å². The second kappa shape index (κ2) is 9.82. The van der Waals surface area contributed by atoms with Gasteiger partial charge in [0.15, 0.2) is 0 Å². The second-order valence-corrected chi connectivity index (χ2v) is 12.3. The quantitative estimate of drug-likeness (QED) is 0.192. The van der Waals surface area contributed by atoms with E-state index in [9.17, 15) is 0 Å². The highest BCUT2D eigenvalue weighted by Gasteiger charge is 2.37. The molecule has 7 aromatic carbocycles. The summed E-state index contributed by atoms with van der Waals surface area (Å²) in [5.41, 5.74) is 10.1. The summed E-state index contributed by atoms with van der Waals surface area (Å²) in [6.45, 7) is 0. The summed E-state index contributed by atoms with van der Waals surface area (Å²) in [6, 6.07) is 48.0. The molecule has 0 bridgehead atoms. The van der Waals surface area contributed by atoms with Gasteiger partial charge in [-0.25, -0.2) is 0 Å². The number of fused-ring (bicyclic) bond motifs is 9. The van der Waals surface area contributed by atoms with Gasteiger partial charge in [0.1, 0.15) is 23.0 Å². The summed E-state index contributed by atoms with van der Waals surface area (Å²) in [5.74, 6) is 1.04. The van der Waals surface area contributed by atoms with Crippen molar-refractivity contribution in [1.29, 1.82) is 0 Å². The van der Waals surface area contributed by atoms with Crippen molar-refractivity contribution < 1.29 is 9.15 Å². The van der Waals surface area contributed by atoms with Gasteiger partial charge in [0.05, 0.1) is 5.92 Å². The number of para-hydroxylation sites is 1. The topological polar surface area (TPSA) is 22.4 Å². The fourth-order valence-electron chi connectivity index (χ4n) is 7.80. The first kappa shape index (κ1) is 25.5. The molecule has 0 saturated carbocycles. The zero-order valence-electron chi connectivity index (χ0n) is 25.0. The number of hydrogen-bond donors (Lipinski definition) is 0. The molecule has 216 valence electrons. The molecule has 0 radical (unpaired) electrons. The first-order chi connectivity index (χ1) is 22.8. The van der Waals surface area contributed by atoms with Crippen LogP contribution in [-0.4, -0.2) is 6.10 Å². The number of benzene rings is 7. The Labute approximate surface area is 266 Å². The molecule has 0 saturated heterocycles. The minimum atomic E-state index is -0.0424. The van der Waals surface area contributed by atoms with E-state index >= 15 is 0 Å². The molecule has 2 nitrogen and oxygen atoms in total. The van der Waals surface area contributed by atoms with Crippen LogP contribution in [0.3, 0.4) is 0 Å². The Morgan fingerprint density at radius 1 is 0.457 bits per heavy atom. The van der Waals surface area contributed by atoms with Crippen LogP contribution in [0, 0.1) is 0 Å². The Balaban J connectivity index is 1.25. The Morgan fingerprint density at radius 3 is 1.78 bits per heavy atom. The second-order valence-electron chi connectivity index (χ2n) is 12.3. The molecule has 0 N–H and O–H groups in total. The van der Waals surface area contributed by atoms with Gasteiger partial charge in [0, 0.05) is 21.9 Å². The lowest BCUT2D eigenvalue weighted by molar-refractivity contribution is 0.270. The number of allylic oxidation sites excluding steroid dienone is 2. The average molecular weight is 589 g/mol. The molecule has 2 unspecified atom stereocenters. The smallest absolute Gasteiger partial charge is 0.143 e. The maximum absolute atomic E-state index is 6.75. The standard InChI is InChI=1S/C44H28O2/c1-2-13-27(14-3-1)40-31-18-4-6-20-33(31)41(34-21-7-5-19-32(34)40)29-16-12-15-28(25-29)36-26-37-30-17-8-10-23-38(30)45-44(37)42-35-22-9-11-24-39(35)46-43(36)42/h1-26,35,39H. The average Bonchev–Trinajstić information content (AvgIpc) is 3.69. The molecule has 2 aliphatic rings. The van der Waals surface area contributed by atoms with E-state index in [0.29, 0.717) is 0 Å². The van der Waals surface area contributed by atoms with Crippen molar-refractivity contribution in [3.05, 3.63) is 163 Å². The fourth-order valence-corrected chi connectivity index (χ4v) is 7.80. The van der Waals surface area contributed by atoms with Crippen LogP contribution in [0.4, 0.5) is 0 Å². The third kappa shape index (κ3) is 3.64. The van der Waals surface area contributed by atoms with Crippen molar-refractivity contribution in [2.24, 2.45) is 0 Å². The van der Waals surface area contributed by atoms with Gasteiger partial charge in [-0.15, -0.1) is 0 Å². The number of furan rings is 1. The lowest BCUT2D eigenvalue weighted by Gasteiger charge is -2.18. The fraction of sp³-hybridized carbons (Fsp3) is 0.0455. The van der Waals surface area contributed by atoms with Gasteiger partial charge in [-0.05, 0) is 73.6 Å². The predicted octanol–water partition coefficient (Wildman–Crippen LogP) is 11.9. The normalized spacial score (nSPS) is 16.7. The zero-order chi connectivity index (χ0) is 30.2. The third-order valence-electron chi connectivity index (χ3n) is 9.78. The molecule has 2 heterocycles. The molecule has 10 rings (SSSR count). The van der Waals surface area contributed by atoms with Crippen LogP contribution in [0.5, 0.6) is 5.75 Å². The lowest BCUT2D eigenvalue weighted by Crippen LogP contribution is -2.15. The van der Waals surface area contributed by atoms with E-state index in [1.165, 1.54) is 43.8 Å². The van der Waals surface area contributed by atoms with E-state index in [1.54, 1.807) is 0 Å². The van der Waals surface area contributed by atoms with Crippen molar-refractivity contribution in [1.82, 2.24) is 0 Å². The summed E-state index contributed by atoms with van der Waals surface area (Å²) in [4.78, 5) is 0. The van der Waals surface area contributed by atoms with Gasteiger partial charge >= 0.3 is 0 Å². The van der Waals surface area contributed by atoms with Gasteiger partial charge < -0.3 is 9.15 Å². The van der Waals surface area contributed by atoms with Crippen molar-refractivity contribution in [2.45, 2.75) is 12.0 Å². The minimum absolute atomic E-state index is 0.0424. The molecule has 2 atom stereocenters. The van der Waals surface area contributed by atoms with Crippen LogP contribution in [0.25, 0.3) is 76.9 Å². The number of hydrogen-bond acceptors (Lipinski definition) is 2. The number of rotatable bonds is 3. The van der Waals surface area contributed by atoms with Gasteiger partial charge in [-0.3, -0.25) is 0 Å². The summed E-state index contributed by atoms with van der Waals surface area (Å²) in [7, 11) is 0. The maximum atomic E-state index is 6.75. The van der Waals surface area contributed by atoms with Gasteiger partial charge in [-0.2, -0.15) is 0 Å². The van der Waals surface area contributed by atoms with E-state index < -0.39 is 0 Å². The van der Waals surface area contributed by atoms with Gasteiger partial charge in [0.2, 0.25) is 0 Å². The molecule has 1 aromatic heterocycles. The molecule has 2 heteroatoms. The van der Waals surface area contributed by atoms with Crippen molar-refractivity contribution in [2.75, 3.05) is 0 Å². The molecule has 1 aliphatic heterocycles. The van der Waals surface area contributed by atoms with Crippen LogP contribution in [0.2, 0.25) is 0 Å². The molecule has 0 amide bonds. The van der Waals surface area contributed by atoms with E-state index in [4.69, 9.17) is 9.15 Å². The molecule has 0 spiro atoms. The van der Waals surface area contributed by atoms with E-state index in [0.717, 1.165) is 44.4 Å². The zero-order valence-corrected chi connectivity index (χ0v) is 25.0. The largest absolute Gasteiger partial charge is 0.484 e. The van der Waals surface area contributed by atoms with Crippen molar-refractivity contribution >= 4 is 43.5 Å². The van der Waals surface area contributed by atoms with Crippen molar-refractivity contribution in [3.8, 4) is 39.1 Å². The Bertz CT molecular complexity index is 2510. The van der Waals surface area contributed by atoms with Gasteiger partial charge in [0.25, 0.3) is 0 Å². The summed E-state index contributed by atoms with van der Waals surface area (Å²) < 4.78 is 13.3. The summed E-state index contributed by atoms with van der Waals surface area (Å²) >= 11 is 0. The van der Waals surface area contributed by atoms with Crippen LogP contribution >= 0.6 is 0 Å². The monoisotopic (exact) mass is 588 g/mol. The first-order valence-electron chi connectivity index (χ1n) is 15.9. The van der Waals surface area contributed by atoms with E-state index in [1.807, 2.05) is 6.07 Å². The highest BCUT2D eigenvalue weighted by atomic mass is 16.5. The molecule has 1 aliphatic carbocycles. The SMILES string of the molecule is C1=CC2Oc3c(-c4cccc(-c5c6ccccc6c(-c6ccccc6)c6ccccc56)c4)cc4c(oc5ccccc54)c3C2C=C1. The lowest BCUT2D eigenvalue weighted by atomic mass is 9.85. The molecular weight excluding hydrogens is 560 g/mol. The molecule has 8 aromatic rings. The Hall–Kier alpha value is -5.86.